The largest absolute Gasteiger partial charge is 0.348 e. The molecule has 8 heteroatoms. The highest BCUT2D eigenvalue weighted by Crippen LogP contribution is 2.18. The maximum absolute atomic E-state index is 13.7. The van der Waals surface area contributed by atoms with Gasteiger partial charge in [-0.3, -0.25) is 4.79 Å². The molecule has 1 unspecified atom stereocenters. The van der Waals surface area contributed by atoms with Crippen LogP contribution in [0.25, 0.3) is 0 Å². The van der Waals surface area contributed by atoms with Gasteiger partial charge in [-0.15, -0.1) is 0 Å². The van der Waals surface area contributed by atoms with Crippen LogP contribution in [0.4, 0.5) is 8.78 Å². The zero-order chi connectivity index (χ0) is 18.6. The van der Waals surface area contributed by atoms with Gasteiger partial charge in [0.15, 0.2) is 0 Å². The summed E-state index contributed by atoms with van der Waals surface area (Å²) in [6.45, 7) is 2.90. The molecule has 5 nitrogen and oxygen atoms in total. The van der Waals surface area contributed by atoms with Gasteiger partial charge in [-0.25, -0.2) is 17.2 Å². The third-order valence-corrected chi connectivity index (χ3v) is 5.12. The van der Waals surface area contributed by atoms with Crippen LogP contribution in [0.1, 0.15) is 25.5 Å². The Morgan fingerprint density at radius 1 is 1.04 bits per heavy atom. The van der Waals surface area contributed by atoms with E-state index in [1.807, 2.05) is 0 Å². The number of benzene rings is 2. The third-order valence-electron chi connectivity index (χ3n) is 3.57. The lowest BCUT2D eigenvalue weighted by molar-refractivity contribution is -0.123. The van der Waals surface area contributed by atoms with E-state index in [0.717, 1.165) is 12.1 Å². The van der Waals surface area contributed by atoms with Crippen molar-refractivity contribution in [2.45, 2.75) is 30.8 Å². The van der Waals surface area contributed by atoms with Crippen molar-refractivity contribution in [3.63, 3.8) is 0 Å². The first-order chi connectivity index (χ1) is 11.7. The van der Waals surface area contributed by atoms with Crippen molar-refractivity contribution >= 4 is 15.9 Å². The maximum Gasteiger partial charge on any atom is 0.241 e. The number of rotatable bonds is 6. The molecule has 0 bridgehead atoms. The fourth-order valence-corrected chi connectivity index (χ4v) is 3.45. The zero-order valence-corrected chi connectivity index (χ0v) is 14.5. The monoisotopic (exact) mass is 368 g/mol. The van der Waals surface area contributed by atoms with Crippen molar-refractivity contribution in [3.8, 4) is 0 Å². The Bertz CT molecular complexity index is 857. The number of halogens is 2. The molecule has 0 spiro atoms. The van der Waals surface area contributed by atoms with Gasteiger partial charge in [-0.1, -0.05) is 24.3 Å². The molecule has 0 saturated carbocycles. The van der Waals surface area contributed by atoms with E-state index in [9.17, 15) is 22.0 Å². The van der Waals surface area contributed by atoms with Gasteiger partial charge in [0.05, 0.1) is 17.0 Å². The average Bonchev–Trinajstić information content (AvgIpc) is 2.55. The highest BCUT2D eigenvalue weighted by Gasteiger charge is 2.23. The van der Waals surface area contributed by atoms with E-state index < -0.39 is 39.6 Å². The minimum atomic E-state index is -3.85. The second-order valence-corrected chi connectivity index (χ2v) is 7.27. The molecule has 1 amide bonds. The minimum absolute atomic E-state index is 0.0345. The summed E-state index contributed by atoms with van der Waals surface area (Å²) in [4.78, 5) is 12.2. The first kappa shape index (κ1) is 19.0. The molecule has 0 aromatic heterocycles. The fourth-order valence-electron chi connectivity index (χ4n) is 2.22. The van der Waals surface area contributed by atoms with Crippen LogP contribution >= 0.6 is 0 Å². The Morgan fingerprint density at radius 2 is 1.68 bits per heavy atom. The summed E-state index contributed by atoms with van der Waals surface area (Å²) in [6.07, 6.45) is 0. The standard InChI is InChI=1S/C17H18F2N2O3S/c1-11(15-9-8-13(18)10-16(15)19)20-17(22)12(2)21-25(23,24)14-6-4-3-5-7-14/h3-12,21H,1-2H3,(H,20,22)/t11?,12-/m0/s1. The molecule has 0 aliphatic rings. The third kappa shape index (κ3) is 4.83. The van der Waals surface area contributed by atoms with Crippen molar-refractivity contribution in [2.75, 3.05) is 0 Å². The summed E-state index contributed by atoms with van der Waals surface area (Å²) >= 11 is 0. The summed E-state index contributed by atoms with van der Waals surface area (Å²) in [6, 6.07) is 8.84. The average molecular weight is 368 g/mol. The van der Waals surface area contributed by atoms with Gasteiger partial charge in [0.1, 0.15) is 11.6 Å². The van der Waals surface area contributed by atoms with Gasteiger partial charge in [0.2, 0.25) is 15.9 Å². The van der Waals surface area contributed by atoms with Gasteiger partial charge in [-0.2, -0.15) is 4.72 Å². The molecule has 0 radical (unpaired) electrons. The molecule has 134 valence electrons. The lowest BCUT2D eigenvalue weighted by atomic mass is 10.1. The number of nitrogens with one attached hydrogen (secondary N) is 2. The Kier molecular flexibility index (Phi) is 5.86. The molecule has 25 heavy (non-hydrogen) atoms. The molecule has 0 aliphatic carbocycles. The second kappa shape index (κ2) is 7.71. The quantitative estimate of drug-likeness (QED) is 0.823. The SMILES string of the molecule is CC(NC(=O)[C@H](C)NS(=O)(=O)c1ccccc1)c1ccc(F)cc1F. The van der Waals surface area contributed by atoms with Crippen LogP contribution in [0.5, 0.6) is 0 Å². The highest BCUT2D eigenvalue weighted by atomic mass is 32.2. The van der Waals surface area contributed by atoms with Gasteiger partial charge in [0, 0.05) is 11.6 Å². The summed E-state index contributed by atoms with van der Waals surface area (Å²) in [7, 11) is -3.85. The van der Waals surface area contributed by atoms with Crippen LogP contribution in [0, 0.1) is 11.6 Å². The normalized spacial score (nSPS) is 13.9. The number of amides is 1. The van der Waals surface area contributed by atoms with Crippen LogP contribution < -0.4 is 10.0 Å². The summed E-state index contributed by atoms with van der Waals surface area (Å²) in [5.74, 6) is -2.13. The lowest BCUT2D eigenvalue weighted by Crippen LogP contribution is -2.45. The predicted molar refractivity (Wildman–Crippen MR) is 89.1 cm³/mol. The Hall–Kier alpha value is -2.32. The van der Waals surface area contributed by atoms with Crippen LogP contribution in [0.15, 0.2) is 53.4 Å². The Labute approximate surface area is 145 Å². The van der Waals surface area contributed by atoms with Crippen molar-refractivity contribution in [3.05, 3.63) is 65.7 Å². The summed E-state index contributed by atoms with van der Waals surface area (Å²) in [5.41, 5.74) is 0.105. The first-order valence-electron chi connectivity index (χ1n) is 7.53. The number of carbonyl (C=O) groups is 1. The van der Waals surface area contributed by atoms with E-state index in [1.54, 1.807) is 18.2 Å². The molecule has 2 aromatic rings. The fraction of sp³-hybridized carbons (Fsp3) is 0.235. The smallest absolute Gasteiger partial charge is 0.241 e. The van der Waals surface area contributed by atoms with Gasteiger partial charge < -0.3 is 5.32 Å². The van der Waals surface area contributed by atoms with E-state index in [-0.39, 0.29) is 10.5 Å². The van der Waals surface area contributed by atoms with E-state index in [1.165, 1.54) is 32.0 Å². The van der Waals surface area contributed by atoms with E-state index in [2.05, 4.69) is 10.0 Å². The molecular formula is C17H18F2N2O3S. The van der Waals surface area contributed by atoms with Crippen molar-refractivity contribution in [1.82, 2.24) is 10.0 Å². The Balaban J connectivity index is 2.05. The summed E-state index contributed by atoms with van der Waals surface area (Å²) < 4.78 is 53.3. The second-order valence-electron chi connectivity index (χ2n) is 5.55. The molecule has 0 saturated heterocycles. The van der Waals surface area contributed by atoms with Crippen LogP contribution in [-0.4, -0.2) is 20.4 Å². The van der Waals surface area contributed by atoms with Gasteiger partial charge >= 0.3 is 0 Å². The van der Waals surface area contributed by atoms with Crippen molar-refractivity contribution in [1.29, 1.82) is 0 Å². The molecule has 0 fully saturated rings. The maximum atomic E-state index is 13.7. The highest BCUT2D eigenvalue weighted by molar-refractivity contribution is 7.89. The molecule has 2 atom stereocenters. The molecule has 0 aliphatic heterocycles. The predicted octanol–water partition coefficient (Wildman–Crippen LogP) is 2.51. The molecule has 0 heterocycles. The molecule has 2 N–H and O–H groups in total. The number of sulfonamides is 1. The minimum Gasteiger partial charge on any atom is -0.348 e. The number of hydrogen-bond acceptors (Lipinski definition) is 3. The number of carbonyl (C=O) groups excluding carboxylic acids is 1. The van der Waals surface area contributed by atoms with Crippen LogP contribution in [0.3, 0.4) is 0 Å². The Morgan fingerprint density at radius 3 is 2.28 bits per heavy atom. The van der Waals surface area contributed by atoms with E-state index in [4.69, 9.17) is 0 Å². The van der Waals surface area contributed by atoms with Crippen LogP contribution in [0.2, 0.25) is 0 Å². The van der Waals surface area contributed by atoms with Gasteiger partial charge in [-0.05, 0) is 32.0 Å². The molecular weight excluding hydrogens is 350 g/mol. The van der Waals surface area contributed by atoms with E-state index in [0.29, 0.717) is 0 Å². The topological polar surface area (TPSA) is 75.3 Å². The first-order valence-corrected chi connectivity index (χ1v) is 9.01. The molecule has 2 aromatic carbocycles. The molecule has 2 rings (SSSR count). The summed E-state index contributed by atoms with van der Waals surface area (Å²) in [5, 5.41) is 2.50. The lowest BCUT2D eigenvalue weighted by Gasteiger charge is -2.19. The number of hydrogen-bond donors (Lipinski definition) is 2. The van der Waals surface area contributed by atoms with E-state index >= 15 is 0 Å². The van der Waals surface area contributed by atoms with Crippen molar-refractivity contribution < 1.29 is 22.0 Å². The van der Waals surface area contributed by atoms with Crippen molar-refractivity contribution in [2.24, 2.45) is 0 Å². The van der Waals surface area contributed by atoms with Gasteiger partial charge in [0.25, 0.3) is 0 Å². The zero-order valence-electron chi connectivity index (χ0n) is 13.7. The van der Waals surface area contributed by atoms with Crippen LogP contribution in [-0.2, 0) is 14.8 Å².